The SMILES string of the molecule is O=[n+]1c(CCCO)nn([O-])c2ccccc21. The van der Waals surface area contributed by atoms with E-state index >= 15 is 0 Å². The zero-order chi connectivity index (χ0) is 11.5. The van der Waals surface area contributed by atoms with E-state index in [2.05, 4.69) is 5.10 Å². The van der Waals surface area contributed by atoms with Gasteiger partial charge >= 0.3 is 5.82 Å². The van der Waals surface area contributed by atoms with Crippen molar-refractivity contribution in [3.8, 4) is 0 Å². The summed E-state index contributed by atoms with van der Waals surface area (Å²) in [6.07, 6.45) is 0.695. The van der Waals surface area contributed by atoms with Crippen LogP contribution in [0.1, 0.15) is 12.2 Å². The minimum absolute atomic E-state index is 0.0344. The van der Waals surface area contributed by atoms with Crippen molar-refractivity contribution in [1.82, 2.24) is 9.94 Å². The summed E-state index contributed by atoms with van der Waals surface area (Å²) in [5.41, 5.74) is 0.533. The second kappa shape index (κ2) is 4.28. The highest BCUT2D eigenvalue weighted by Gasteiger charge is 2.15. The third-order valence-corrected chi connectivity index (χ3v) is 2.31. The van der Waals surface area contributed by atoms with Crippen molar-refractivity contribution < 1.29 is 9.53 Å². The maximum absolute atomic E-state index is 11.8. The van der Waals surface area contributed by atoms with Gasteiger partial charge in [-0.05, 0) is 18.6 Å². The number of aliphatic hydroxyl groups is 1. The molecule has 0 amide bonds. The minimum Gasteiger partial charge on any atom is -0.772 e. The molecule has 0 saturated carbocycles. The third kappa shape index (κ3) is 1.74. The largest absolute Gasteiger partial charge is 0.772 e. The normalized spacial score (nSPS) is 10.8. The quantitative estimate of drug-likeness (QED) is 0.751. The van der Waals surface area contributed by atoms with Crippen molar-refractivity contribution in [3.63, 3.8) is 0 Å². The molecule has 1 heterocycles. The number of benzene rings is 1. The Kier molecular flexibility index (Phi) is 2.82. The predicted molar refractivity (Wildman–Crippen MR) is 57.3 cm³/mol. The molecule has 1 aromatic carbocycles. The van der Waals surface area contributed by atoms with Gasteiger partial charge in [0.1, 0.15) is 5.52 Å². The number of para-hydroxylation sites is 2. The Balaban J connectivity index is 2.61. The molecular formula is C10H11N3O3. The van der Waals surface area contributed by atoms with Crippen molar-refractivity contribution in [2.45, 2.75) is 12.8 Å². The van der Waals surface area contributed by atoms with Gasteiger partial charge in [-0.1, -0.05) is 17.0 Å². The van der Waals surface area contributed by atoms with Crippen LogP contribution < -0.4 is 4.43 Å². The van der Waals surface area contributed by atoms with Gasteiger partial charge in [-0.2, -0.15) is 4.85 Å². The first kappa shape index (κ1) is 10.6. The lowest BCUT2D eigenvalue weighted by molar-refractivity contribution is -0.480. The molecule has 0 bridgehead atoms. The summed E-state index contributed by atoms with van der Waals surface area (Å²) < 4.78 is 0.638. The molecule has 6 nitrogen and oxygen atoms in total. The van der Waals surface area contributed by atoms with E-state index < -0.39 is 0 Å². The van der Waals surface area contributed by atoms with Gasteiger partial charge in [0.2, 0.25) is 5.52 Å². The van der Waals surface area contributed by atoms with Gasteiger partial charge in [-0.25, -0.2) is 0 Å². The van der Waals surface area contributed by atoms with Crippen LogP contribution in [0.3, 0.4) is 0 Å². The van der Waals surface area contributed by atoms with Crippen molar-refractivity contribution in [2.75, 3.05) is 6.61 Å². The van der Waals surface area contributed by atoms with Crippen LogP contribution in [0.4, 0.5) is 0 Å². The van der Waals surface area contributed by atoms with E-state index in [4.69, 9.17) is 5.11 Å². The maximum atomic E-state index is 11.8. The molecule has 0 radical (unpaired) electrons. The fourth-order valence-corrected chi connectivity index (χ4v) is 1.52. The van der Waals surface area contributed by atoms with E-state index in [9.17, 15) is 10.1 Å². The number of aromatic nitrogens is 3. The molecule has 16 heavy (non-hydrogen) atoms. The van der Waals surface area contributed by atoms with E-state index in [0.29, 0.717) is 21.2 Å². The van der Waals surface area contributed by atoms with Crippen LogP contribution in [0.5, 0.6) is 0 Å². The van der Waals surface area contributed by atoms with Crippen LogP contribution in [-0.2, 0) is 6.42 Å². The highest BCUT2D eigenvalue weighted by Crippen LogP contribution is 2.07. The van der Waals surface area contributed by atoms with Crippen LogP contribution in [0, 0.1) is 10.1 Å². The van der Waals surface area contributed by atoms with Crippen LogP contribution in [0.2, 0.25) is 0 Å². The van der Waals surface area contributed by atoms with Crippen molar-refractivity contribution in [1.29, 1.82) is 0 Å². The van der Waals surface area contributed by atoms with Gasteiger partial charge < -0.3 is 10.3 Å². The second-order valence-electron chi connectivity index (χ2n) is 3.40. The Morgan fingerprint density at radius 2 is 2.19 bits per heavy atom. The zero-order valence-corrected chi connectivity index (χ0v) is 8.54. The van der Waals surface area contributed by atoms with E-state index in [1.165, 1.54) is 0 Å². The second-order valence-corrected chi connectivity index (χ2v) is 3.40. The highest BCUT2D eigenvalue weighted by atomic mass is 16.5. The van der Waals surface area contributed by atoms with Gasteiger partial charge in [-0.3, -0.25) is 0 Å². The lowest BCUT2D eigenvalue weighted by Gasteiger charge is -2.05. The average molecular weight is 221 g/mol. The fraction of sp³-hybridized carbons (Fsp3) is 0.300. The first-order valence-corrected chi connectivity index (χ1v) is 4.96. The Hall–Kier alpha value is -1.95. The Morgan fingerprint density at radius 1 is 1.44 bits per heavy atom. The molecule has 84 valence electrons. The fourth-order valence-electron chi connectivity index (χ4n) is 1.52. The molecule has 2 rings (SSSR count). The summed E-state index contributed by atoms with van der Waals surface area (Å²) in [6, 6.07) is 6.47. The van der Waals surface area contributed by atoms with Crippen LogP contribution >= 0.6 is 0 Å². The molecular weight excluding hydrogens is 210 g/mol. The molecule has 1 N–H and O–H groups in total. The van der Waals surface area contributed by atoms with E-state index in [-0.39, 0.29) is 24.4 Å². The molecule has 6 heteroatoms. The lowest BCUT2D eigenvalue weighted by atomic mass is 10.3. The highest BCUT2D eigenvalue weighted by molar-refractivity contribution is 5.70. The molecule has 0 aliphatic heterocycles. The van der Waals surface area contributed by atoms with Crippen molar-refractivity contribution >= 4 is 11.0 Å². The number of fused-ring (bicyclic) bond motifs is 1. The zero-order valence-electron chi connectivity index (χ0n) is 8.54. The number of hydrogen-bond acceptors (Lipinski definition) is 4. The Morgan fingerprint density at radius 3 is 2.94 bits per heavy atom. The summed E-state index contributed by atoms with van der Waals surface area (Å²) in [5, 5.41) is 23.8. The van der Waals surface area contributed by atoms with E-state index in [1.54, 1.807) is 24.3 Å². The summed E-state index contributed by atoms with van der Waals surface area (Å²) in [4.78, 5) is 12.2. The molecule has 0 spiro atoms. The first-order valence-electron chi connectivity index (χ1n) is 4.96. The monoisotopic (exact) mass is 221 g/mol. The Labute approximate surface area is 90.9 Å². The van der Waals surface area contributed by atoms with E-state index in [0.717, 1.165) is 0 Å². The van der Waals surface area contributed by atoms with Gasteiger partial charge in [-0.15, -0.1) is 0 Å². The van der Waals surface area contributed by atoms with Crippen molar-refractivity contribution in [2.24, 2.45) is 0 Å². The Bertz CT molecular complexity index is 565. The molecule has 0 unspecified atom stereocenters. The molecule has 2 aromatic rings. The van der Waals surface area contributed by atoms with Crippen LogP contribution in [-0.4, -0.2) is 21.7 Å². The number of nitrogens with zero attached hydrogens (tertiary/aromatic N) is 3. The van der Waals surface area contributed by atoms with Gasteiger partial charge in [0, 0.05) is 11.0 Å². The molecule has 0 aliphatic rings. The molecule has 0 atom stereocenters. The number of rotatable bonds is 3. The van der Waals surface area contributed by atoms with E-state index in [1.807, 2.05) is 0 Å². The molecule has 1 aromatic heterocycles. The number of aliphatic hydroxyl groups excluding tert-OH is 1. The summed E-state index contributed by atoms with van der Waals surface area (Å²) in [6.45, 7) is -0.0344. The predicted octanol–water partition coefficient (Wildman–Crippen LogP) is 0.222. The lowest BCUT2D eigenvalue weighted by Crippen LogP contribution is -2.27. The molecule has 0 saturated heterocycles. The topological polar surface area (TPSA) is 84.1 Å². The average Bonchev–Trinajstić information content (AvgIpc) is 2.32. The van der Waals surface area contributed by atoms with Crippen molar-refractivity contribution in [3.05, 3.63) is 40.2 Å². The van der Waals surface area contributed by atoms with Gasteiger partial charge in [0.05, 0.1) is 11.5 Å². The minimum atomic E-state index is -0.0344. The third-order valence-electron chi connectivity index (χ3n) is 2.31. The maximum Gasteiger partial charge on any atom is 0.367 e. The molecule has 0 fully saturated rings. The van der Waals surface area contributed by atoms with Crippen LogP contribution in [0.15, 0.2) is 24.3 Å². The standard InChI is InChI=1S/C10H11N3O3/c14-7-3-6-10-11-13(16)9-5-2-1-4-8(9)12(10)15/h1-2,4-5,14H,3,6-7H2. The summed E-state index contributed by atoms with van der Waals surface area (Å²) in [5.74, 6) is 0.128. The summed E-state index contributed by atoms with van der Waals surface area (Å²) >= 11 is 0. The first-order chi connectivity index (χ1) is 7.74. The number of aryl methyl sites for hydroxylation is 1. The summed E-state index contributed by atoms with van der Waals surface area (Å²) in [7, 11) is 0. The number of hydrogen-bond donors (Lipinski definition) is 1. The van der Waals surface area contributed by atoms with Crippen LogP contribution in [0.25, 0.3) is 11.0 Å². The van der Waals surface area contributed by atoms with Gasteiger partial charge in [0.25, 0.3) is 0 Å². The smallest absolute Gasteiger partial charge is 0.367 e. The van der Waals surface area contributed by atoms with Gasteiger partial charge in [0.15, 0.2) is 0 Å². The molecule has 0 aliphatic carbocycles.